The Kier molecular flexibility index (Phi) is 11.6. The number of nitrogens with one attached hydrogen (secondary N) is 1. The lowest BCUT2D eigenvalue weighted by molar-refractivity contribution is -0.0631. The van der Waals surface area contributed by atoms with Crippen LogP contribution < -0.4 is 11.1 Å². The highest BCUT2D eigenvalue weighted by atomic mass is 16.6. The summed E-state index contributed by atoms with van der Waals surface area (Å²) in [5.41, 5.74) is 5.00. The number of benzene rings is 1. The molecule has 0 radical (unpaired) electrons. The van der Waals surface area contributed by atoms with Crippen LogP contribution >= 0.6 is 0 Å². The van der Waals surface area contributed by atoms with Gasteiger partial charge in [-0.1, -0.05) is 30.3 Å². The Labute approximate surface area is 202 Å². The lowest BCUT2D eigenvalue weighted by Crippen LogP contribution is -2.53. The van der Waals surface area contributed by atoms with Crippen molar-refractivity contribution in [2.75, 3.05) is 26.2 Å². The first-order chi connectivity index (χ1) is 15.8. The topological polar surface area (TPSA) is 123 Å². The van der Waals surface area contributed by atoms with E-state index < -0.39 is 29.5 Å². The predicted molar refractivity (Wildman–Crippen MR) is 129 cm³/mol. The predicted octanol–water partition coefficient (Wildman–Crippen LogP) is 4.04. The average molecular weight is 481 g/mol. The summed E-state index contributed by atoms with van der Waals surface area (Å²) in [4.78, 5) is 37.8. The minimum absolute atomic E-state index is 0.109. The zero-order valence-corrected chi connectivity index (χ0v) is 21.3. The van der Waals surface area contributed by atoms with Crippen molar-refractivity contribution in [3.8, 4) is 0 Å². The standard InChI is InChI=1S/C24H40N4O6/c1-23(2,3)33-21(30)27(16-10-14-25)28(22(31)34-24(4,5)6)17-11-15-26-20(29)32-18-19-12-8-7-9-13-19/h7-9,12-13H,10-11,14-18,25H2,1-6H3,(H,26,29). The molecule has 10 nitrogen and oxygen atoms in total. The highest BCUT2D eigenvalue weighted by Gasteiger charge is 2.32. The number of carbonyl (C=O) groups excluding carboxylic acids is 3. The molecule has 34 heavy (non-hydrogen) atoms. The van der Waals surface area contributed by atoms with Gasteiger partial charge in [-0.05, 0) is 66.5 Å². The minimum Gasteiger partial charge on any atom is -0.445 e. The number of alkyl carbamates (subject to hydrolysis) is 1. The van der Waals surface area contributed by atoms with Gasteiger partial charge < -0.3 is 25.3 Å². The number of amides is 3. The second-order valence-corrected chi connectivity index (χ2v) is 9.69. The van der Waals surface area contributed by atoms with E-state index in [1.807, 2.05) is 30.3 Å². The molecular formula is C24H40N4O6. The van der Waals surface area contributed by atoms with E-state index in [0.717, 1.165) is 5.56 Å². The van der Waals surface area contributed by atoms with Gasteiger partial charge in [0.2, 0.25) is 0 Å². The summed E-state index contributed by atoms with van der Waals surface area (Å²) in [6.07, 6.45) is -1.13. The van der Waals surface area contributed by atoms with Crippen LogP contribution in [0.2, 0.25) is 0 Å². The van der Waals surface area contributed by atoms with Gasteiger partial charge >= 0.3 is 18.3 Å². The highest BCUT2D eigenvalue weighted by molar-refractivity contribution is 5.74. The summed E-state index contributed by atoms with van der Waals surface area (Å²) in [6, 6.07) is 9.33. The van der Waals surface area contributed by atoms with Crippen LogP contribution in [0.25, 0.3) is 0 Å². The largest absolute Gasteiger partial charge is 0.445 e. The van der Waals surface area contributed by atoms with Gasteiger partial charge in [-0.25, -0.2) is 24.4 Å². The number of hydrazine groups is 1. The fourth-order valence-electron chi connectivity index (χ4n) is 2.68. The van der Waals surface area contributed by atoms with Crippen LogP contribution in [0.5, 0.6) is 0 Å². The van der Waals surface area contributed by atoms with Gasteiger partial charge in [0.15, 0.2) is 0 Å². The number of nitrogens with two attached hydrogens (primary N) is 1. The molecule has 3 N–H and O–H groups in total. The second-order valence-electron chi connectivity index (χ2n) is 9.69. The van der Waals surface area contributed by atoms with E-state index >= 15 is 0 Å². The molecule has 0 spiro atoms. The normalized spacial score (nSPS) is 11.4. The first-order valence-electron chi connectivity index (χ1n) is 11.5. The molecule has 192 valence electrons. The van der Waals surface area contributed by atoms with E-state index in [1.54, 1.807) is 41.5 Å². The van der Waals surface area contributed by atoms with Crippen molar-refractivity contribution in [1.29, 1.82) is 0 Å². The molecule has 1 aromatic carbocycles. The van der Waals surface area contributed by atoms with Gasteiger partial charge in [0.1, 0.15) is 17.8 Å². The molecule has 0 saturated heterocycles. The number of ether oxygens (including phenoxy) is 3. The number of hydrogen-bond donors (Lipinski definition) is 2. The molecule has 1 rings (SSSR count). The summed E-state index contributed by atoms with van der Waals surface area (Å²) in [5.74, 6) is 0. The van der Waals surface area contributed by atoms with Gasteiger partial charge in [0.05, 0.1) is 0 Å². The molecule has 0 fully saturated rings. The van der Waals surface area contributed by atoms with Crippen molar-refractivity contribution in [3.05, 3.63) is 35.9 Å². The number of nitrogens with zero attached hydrogens (tertiary/aromatic N) is 2. The fourth-order valence-corrected chi connectivity index (χ4v) is 2.68. The zero-order valence-electron chi connectivity index (χ0n) is 21.3. The van der Waals surface area contributed by atoms with E-state index in [0.29, 0.717) is 19.4 Å². The first kappa shape index (κ1) is 29.0. The van der Waals surface area contributed by atoms with E-state index in [1.165, 1.54) is 10.0 Å². The van der Waals surface area contributed by atoms with Crippen LogP contribution in [0.15, 0.2) is 30.3 Å². The van der Waals surface area contributed by atoms with Crippen LogP contribution in [-0.4, -0.2) is 65.7 Å². The molecule has 1 aromatic rings. The lowest BCUT2D eigenvalue weighted by Gasteiger charge is -2.36. The Hall–Kier alpha value is -3.01. The maximum atomic E-state index is 12.9. The molecule has 0 atom stereocenters. The lowest BCUT2D eigenvalue weighted by atomic mass is 10.2. The van der Waals surface area contributed by atoms with Crippen LogP contribution in [-0.2, 0) is 20.8 Å². The number of carbonyl (C=O) groups is 3. The third-order valence-corrected chi connectivity index (χ3v) is 4.10. The molecule has 0 heterocycles. The van der Waals surface area contributed by atoms with Crippen LogP contribution in [0.3, 0.4) is 0 Å². The molecule has 0 bridgehead atoms. The molecule has 0 aromatic heterocycles. The molecule has 0 unspecified atom stereocenters. The van der Waals surface area contributed by atoms with Crippen LogP contribution in [0.4, 0.5) is 14.4 Å². The molecule has 0 aliphatic rings. The van der Waals surface area contributed by atoms with Crippen molar-refractivity contribution in [3.63, 3.8) is 0 Å². The Morgan fingerprint density at radius 2 is 1.35 bits per heavy atom. The monoisotopic (exact) mass is 480 g/mol. The summed E-state index contributed by atoms with van der Waals surface area (Å²) >= 11 is 0. The van der Waals surface area contributed by atoms with Gasteiger partial charge in [-0.3, -0.25) is 0 Å². The van der Waals surface area contributed by atoms with Crippen molar-refractivity contribution in [2.45, 2.75) is 72.2 Å². The Morgan fingerprint density at radius 1 is 0.853 bits per heavy atom. The van der Waals surface area contributed by atoms with E-state index in [9.17, 15) is 14.4 Å². The van der Waals surface area contributed by atoms with Crippen molar-refractivity contribution < 1.29 is 28.6 Å². The molecule has 0 aliphatic carbocycles. The third-order valence-electron chi connectivity index (χ3n) is 4.10. The summed E-state index contributed by atoms with van der Waals surface area (Å²) in [7, 11) is 0. The van der Waals surface area contributed by atoms with E-state index in [2.05, 4.69) is 5.32 Å². The number of hydrogen-bond acceptors (Lipinski definition) is 7. The third kappa shape index (κ3) is 12.3. The van der Waals surface area contributed by atoms with Crippen molar-refractivity contribution in [1.82, 2.24) is 15.3 Å². The van der Waals surface area contributed by atoms with Crippen LogP contribution in [0, 0.1) is 0 Å². The molecule has 3 amide bonds. The zero-order chi connectivity index (χ0) is 25.8. The quantitative estimate of drug-likeness (QED) is 0.310. The molecular weight excluding hydrogens is 440 g/mol. The minimum atomic E-state index is -0.762. The summed E-state index contributed by atoms with van der Waals surface area (Å²) < 4.78 is 16.2. The summed E-state index contributed by atoms with van der Waals surface area (Å²) in [5, 5.41) is 5.06. The van der Waals surface area contributed by atoms with Crippen molar-refractivity contribution in [2.24, 2.45) is 5.73 Å². The highest BCUT2D eigenvalue weighted by Crippen LogP contribution is 2.16. The van der Waals surface area contributed by atoms with E-state index in [4.69, 9.17) is 19.9 Å². The maximum Gasteiger partial charge on any atom is 0.429 e. The second kappa shape index (κ2) is 13.6. The Balaban J connectivity index is 2.78. The first-order valence-corrected chi connectivity index (χ1v) is 11.5. The van der Waals surface area contributed by atoms with Crippen LogP contribution in [0.1, 0.15) is 59.9 Å². The fraction of sp³-hybridized carbons (Fsp3) is 0.625. The van der Waals surface area contributed by atoms with Crippen molar-refractivity contribution >= 4 is 18.3 Å². The Bertz CT molecular complexity index is 774. The average Bonchev–Trinajstić information content (AvgIpc) is 2.72. The Morgan fingerprint density at radius 3 is 1.82 bits per heavy atom. The molecule has 0 aliphatic heterocycles. The van der Waals surface area contributed by atoms with Gasteiger partial charge in [0, 0.05) is 19.6 Å². The number of rotatable bonds is 9. The van der Waals surface area contributed by atoms with Gasteiger partial charge in [-0.2, -0.15) is 0 Å². The van der Waals surface area contributed by atoms with Gasteiger partial charge in [0.25, 0.3) is 0 Å². The smallest absolute Gasteiger partial charge is 0.429 e. The van der Waals surface area contributed by atoms with Gasteiger partial charge in [-0.15, -0.1) is 0 Å². The van der Waals surface area contributed by atoms with E-state index in [-0.39, 0.29) is 26.2 Å². The summed E-state index contributed by atoms with van der Waals surface area (Å²) in [6.45, 7) is 11.5. The molecule has 10 heteroatoms. The SMILES string of the molecule is CC(C)(C)OC(=O)N(CCCN)N(CCCNC(=O)OCc1ccccc1)C(=O)OC(C)(C)C. The molecule has 0 saturated carbocycles. The maximum absolute atomic E-state index is 12.9.